The predicted octanol–water partition coefficient (Wildman–Crippen LogP) is 4.49. The van der Waals surface area contributed by atoms with Crippen LogP contribution in [0.4, 0.5) is 23.2 Å². The average Bonchev–Trinajstić information content (AvgIpc) is 2.62. The summed E-state index contributed by atoms with van der Waals surface area (Å²) in [7, 11) is -0.420. The van der Waals surface area contributed by atoms with Crippen molar-refractivity contribution >= 4 is 16.5 Å². The van der Waals surface area contributed by atoms with Crippen molar-refractivity contribution in [3.05, 3.63) is 54.1 Å². The van der Waals surface area contributed by atoms with E-state index in [4.69, 9.17) is 4.74 Å². The van der Waals surface area contributed by atoms with E-state index in [1.165, 1.54) is 43.5 Å². The van der Waals surface area contributed by atoms with Crippen LogP contribution in [-0.4, -0.2) is 35.5 Å². The molecular weight excluding hydrogens is 370 g/mol. The molecule has 0 fully saturated rings. The van der Waals surface area contributed by atoms with Gasteiger partial charge < -0.3 is 10.1 Å². The third kappa shape index (κ3) is 4.97. The monoisotopic (exact) mass is 389 g/mol. The maximum absolute atomic E-state index is 14.0. The normalized spacial score (nSPS) is 14.1. The topological polar surface area (TPSA) is 38.3 Å². The van der Waals surface area contributed by atoms with Gasteiger partial charge in [0.15, 0.2) is 0 Å². The van der Waals surface area contributed by atoms with E-state index in [-0.39, 0.29) is 5.69 Å². The Bertz CT molecular complexity index is 736. The Morgan fingerprint density at radius 2 is 1.65 bits per heavy atom. The first-order valence-corrected chi connectivity index (χ1v) is 9.07. The molecule has 0 aliphatic rings. The minimum absolute atomic E-state index is 0.206. The Labute approximate surface area is 151 Å². The fraction of sp³-hybridized carbons (Fsp3) is 0.333. The lowest BCUT2D eigenvalue weighted by Crippen LogP contribution is -2.48. The molecule has 0 aliphatic carbocycles. The molecular formula is C18H19F4NO2S. The second-order valence-electron chi connectivity index (χ2n) is 5.73. The van der Waals surface area contributed by atoms with E-state index in [9.17, 15) is 21.8 Å². The molecule has 2 aromatic rings. The summed E-state index contributed by atoms with van der Waals surface area (Å²) >= 11 is 0. The van der Waals surface area contributed by atoms with Crippen LogP contribution in [0.3, 0.4) is 0 Å². The second-order valence-corrected chi connectivity index (χ2v) is 7.22. The SMILES string of the molecule is COc1ccc(N[C@H](C[S@@](=O)c2ccc(C)cc2)C(F)(F)C(F)F)cc1. The van der Waals surface area contributed by atoms with Crippen molar-refractivity contribution in [2.24, 2.45) is 0 Å². The number of ether oxygens (including phenoxy) is 1. The zero-order valence-electron chi connectivity index (χ0n) is 14.2. The highest BCUT2D eigenvalue weighted by atomic mass is 32.2. The molecule has 2 rings (SSSR count). The fourth-order valence-corrected chi connectivity index (χ4v) is 3.47. The molecule has 0 heterocycles. The maximum atomic E-state index is 14.0. The zero-order valence-corrected chi connectivity index (χ0v) is 15.0. The first kappa shape index (κ1) is 20.2. The van der Waals surface area contributed by atoms with Crippen LogP contribution in [0.25, 0.3) is 0 Å². The highest BCUT2D eigenvalue weighted by Crippen LogP contribution is 2.31. The number of methoxy groups -OCH3 is 1. The number of hydrogen-bond donors (Lipinski definition) is 1. The summed E-state index contributed by atoms with van der Waals surface area (Å²) < 4.78 is 71.1. The molecule has 2 atom stereocenters. The van der Waals surface area contributed by atoms with Crippen molar-refractivity contribution in [1.82, 2.24) is 0 Å². The third-order valence-electron chi connectivity index (χ3n) is 3.79. The smallest absolute Gasteiger partial charge is 0.327 e. The first-order chi connectivity index (χ1) is 12.2. The number of halogens is 4. The van der Waals surface area contributed by atoms with Crippen LogP contribution >= 0.6 is 0 Å². The lowest BCUT2D eigenvalue weighted by atomic mass is 10.1. The molecule has 0 saturated carbocycles. The molecule has 0 radical (unpaired) electrons. The average molecular weight is 389 g/mol. The minimum atomic E-state index is -4.35. The van der Waals surface area contributed by atoms with Gasteiger partial charge in [-0.05, 0) is 43.3 Å². The predicted molar refractivity (Wildman–Crippen MR) is 93.8 cm³/mol. The first-order valence-electron chi connectivity index (χ1n) is 7.75. The Balaban J connectivity index is 2.22. The van der Waals surface area contributed by atoms with E-state index in [1.807, 2.05) is 6.92 Å². The van der Waals surface area contributed by atoms with E-state index >= 15 is 0 Å². The molecule has 2 aromatic carbocycles. The number of rotatable bonds is 8. The fourth-order valence-electron chi connectivity index (χ4n) is 2.23. The van der Waals surface area contributed by atoms with Gasteiger partial charge in [-0.1, -0.05) is 17.7 Å². The number of anilines is 1. The van der Waals surface area contributed by atoms with E-state index in [0.717, 1.165) is 5.56 Å². The summed E-state index contributed by atoms with van der Waals surface area (Å²) in [5, 5.41) is 2.39. The Kier molecular flexibility index (Phi) is 6.63. The van der Waals surface area contributed by atoms with Gasteiger partial charge in [-0.25, -0.2) is 8.78 Å². The summed E-state index contributed by atoms with van der Waals surface area (Å²) in [5.41, 5.74) is 1.12. The van der Waals surface area contributed by atoms with Crippen LogP contribution in [0.2, 0.25) is 0 Å². The largest absolute Gasteiger partial charge is 0.497 e. The molecule has 1 N–H and O–H groups in total. The van der Waals surface area contributed by atoms with E-state index < -0.39 is 34.9 Å². The summed E-state index contributed by atoms with van der Waals surface area (Å²) in [4.78, 5) is 0.308. The van der Waals surface area contributed by atoms with Gasteiger partial charge in [0.05, 0.1) is 23.7 Å². The van der Waals surface area contributed by atoms with E-state index in [1.54, 1.807) is 12.1 Å². The maximum Gasteiger partial charge on any atom is 0.327 e. The van der Waals surface area contributed by atoms with Crippen LogP contribution in [0.15, 0.2) is 53.4 Å². The van der Waals surface area contributed by atoms with Crippen molar-refractivity contribution in [3.8, 4) is 5.75 Å². The Hall–Kier alpha value is -2.09. The molecule has 8 heteroatoms. The zero-order chi connectivity index (χ0) is 19.3. The van der Waals surface area contributed by atoms with Gasteiger partial charge in [0, 0.05) is 10.6 Å². The van der Waals surface area contributed by atoms with Gasteiger partial charge in [-0.15, -0.1) is 0 Å². The Morgan fingerprint density at radius 3 is 2.15 bits per heavy atom. The summed E-state index contributed by atoms with van der Waals surface area (Å²) in [6, 6.07) is 10.3. The molecule has 26 heavy (non-hydrogen) atoms. The molecule has 0 unspecified atom stereocenters. The number of hydrogen-bond acceptors (Lipinski definition) is 3. The summed E-state index contributed by atoms with van der Waals surface area (Å²) in [5.74, 6) is -4.51. The highest BCUT2D eigenvalue weighted by Gasteiger charge is 2.49. The van der Waals surface area contributed by atoms with Crippen molar-refractivity contribution in [2.45, 2.75) is 30.2 Å². The van der Waals surface area contributed by atoms with Gasteiger partial charge in [-0.2, -0.15) is 8.78 Å². The Morgan fingerprint density at radius 1 is 1.08 bits per heavy atom. The quantitative estimate of drug-likeness (QED) is 0.676. The van der Waals surface area contributed by atoms with Crippen molar-refractivity contribution in [2.75, 3.05) is 18.2 Å². The van der Waals surface area contributed by atoms with Gasteiger partial charge >= 0.3 is 12.3 Å². The van der Waals surface area contributed by atoms with Gasteiger partial charge in [0.2, 0.25) is 0 Å². The molecule has 0 aromatic heterocycles. The number of nitrogens with one attached hydrogen (secondary N) is 1. The molecule has 0 amide bonds. The van der Waals surface area contributed by atoms with Gasteiger partial charge in [0.25, 0.3) is 0 Å². The van der Waals surface area contributed by atoms with Gasteiger partial charge in [0.1, 0.15) is 11.8 Å². The summed E-state index contributed by atoms with van der Waals surface area (Å²) in [6.45, 7) is 1.83. The highest BCUT2D eigenvalue weighted by molar-refractivity contribution is 7.85. The minimum Gasteiger partial charge on any atom is -0.497 e. The number of alkyl halides is 4. The number of benzene rings is 2. The van der Waals surface area contributed by atoms with Crippen molar-refractivity contribution in [3.63, 3.8) is 0 Å². The molecule has 0 aliphatic heterocycles. The van der Waals surface area contributed by atoms with Crippen LogP contribution in [0, 0.1) is 6.92 Å². The van der Waals surface area contributed by atoms with Crippen LogP contribution in [0.1, 0.15) is 5.56 Å². The van der Waals surface area contributed by atoms with Crippen molar-refractivity contribution < 1.29 is 26.5 Å². The lowest BCUT2D eigenvalue weighted by molar-refractivity contribution is -0.135. The van der Waals surface area contributed by atoms with Crippen molar-refractivity contribution in [1.29, 1.82) is 0 Å². The molecule has 0 spiro atoms. The van der Waals surface area contributed by atoms with E-state index in [0.29, 0.717) is 10.6 Å². The second kappa shape index (κ2) is 8.53. The van der Waals surface area contributed by atoms with Crippen LogP contribution in [-0.2, 0) is 10.8 Å². The molecule has 3 nitrogen and oxygen atoms in total. The standard InChI is InChI=1S/C18H19F4NO2S/c1-12-3-9-15(10-4-12)26(24)11-16(18(21,22)17(19)20)23-13-5-7-14(25-2)8-6-13/h3-10,16-17,23H,11H2,1-2H3/t16-,26-/m1/s1. The molecule has 142 valence electrons. The van der Waals surface area contributed by atoms with Crippen LogP contribution < -0.4 is 10.1 Å². The van der Waals surface area contributed by atoms with Crippen LogP contribution in [0.5, 0.6) is 5.75 Å². The third-order valence-corrected chi connectivity index (χ3v) is 5.22. The molecule has 0 bridgehead atoms. The summed E-state index contributed by atoms with van der Waals surface area (Å²) in [6.07, 6.45) is -3.88. The lowest BCUT2D eigenvalue weighted by Gasteiger charge is -2.27. The van der Waals surface area contributed by atoms with E-state index in [2.05, 4.69) is 5.32 Å². The number of aryl methyl sites for hydroxylation is 1. The molecule has 0 saturated heterocycles. The van der Waals surface area contributed by atoms with Gasteiger partial charge in [-0.3, -0.25) is 4.21 Å².